The van der Waals surface area contributed by atoms with Crippen LogP contribution in [0.2, 0.25) is 0 Å². The second-order valence-corrected chi connectivity index (χ2v) is 5.84. The van der Waals surface area contributed by atoms with Crippen LogP contribution < -0.4 is 19.5 Å². The third-order valence-corrected chi connectivity index (χ3v) is 4.46. The van der Waals surface area contributed by atoms with Crippen LogP contribution in [0, 0.1) is 0 Å². The fraction of sp³-hybridized carbons (Fsp3) is 0.438. The zero-order chi connectivity index (χ0) is 17.0. The number of rotatable bonds is 2. The monoisotopic (exact) mass is 335 g/mol. The molecule has 2 heterocycles. The minimum absolute atomic E-state index is 0.0202. The van der Waals surface area contributed by atoms with Crippen molar-refractivity contribution >= 4 is 11.5 Å². The molecule has 4 rings (SSSR count). The largest absolute Gasteiger partial charge is 0.489 e. The smallest absolute Gasteiger partial charge is 0.256 e. The molecule has 4 N–H and O–H groups in total. The van der Waals surface area contributed by atoms with Crippen LogP contribution in [0.5, 0.6) is 17.2 Å². The first-order chi connectivity index (χ1) is 11.5. The molecule has 3 aliphatic rings. The molecule has 2 aliphatic heterocycles. The van der Waals surface area contributed by atoms with Crippen molar-refractivity contribution in [2.75, 3.05) is 13.4 Å². The van der Waals surface area contributed by atoms with Crippen LogP contribution in [0.15, 0.2) is 12.1 Å². The number of aliphatic hydroxyl groups is 3. The zero-order valence-electron chi connectivity index (χ0n) is 12.9. The Balaban J connectivity index is 1.95. The van der Waals surface area contributed by atoms with Crippen molar-refractivity contribution < 1.29 is 34.3 Å². The first kappa shape index (κ1) is 15.3. The number of aliphatic hydroxyl groups excluding tert-OH is 3. The molecule has 0 bridgehead atoms. The summed E-state index contributed by atoms with van der Waals surface area (Å²) in [6.07, 6.45) is -2.51. The molecule has 0 fully saturated rings. The number of hydrogen-bond donors (Lipinski definition) is 4. The van der Waals surface area contributed by atoms with E-state index in [0.29, 0.717) is 29.2 Å². The van der Waals surface area contributed by atoms with Crippen LogP contribution in [-0.2, 0) is 0 Å². The second-order valence-electron chi connectivity index (χ2n) is 5.84. The van der Waals surface area contributed by atoms with E-state index < -0.39 is 30.3 Å². The van der Waals surface area contributed by atoms with Gasteiger partial charge in [0.2, 0.25) is 12.5 Å². The highest BCUT2D eigenvalue weighted by molar-refractivity contribution is 6.07. The molecule has 1 aliphatic carbocycles. The molecule has 0 aromatic heterocycles. The van der Waals surface area contributed by atoms with E-state index in [9.17, 15) is 20.1 Å². The number of carbonyl (C=O) groups excluding carboxylic acids is 1. The van der Waals surface area contributed by atoms with E-state index in [1.807, 2.05) is 0 Å². The van der Waals surface area contributed by atoms with E-state index in [1.165, 1.54) is 6.08 Å². The number of benzene rings is 1. The van der Waals surface area contributed by atoms with Gasteiger partial charge in [0.15, 0.2) is 11.5 Å². The molecule has 0 radical (unpaired) electrons. The Hall–Kier alpha value is -2.29. The van der Waals surface area contributed by atoms with Gasteiger partial charge in [0.1, 0.15) is 18.3 Å². The first-order valence-corrected chi connectivity index (χ1v) is 7.69. The molecule has 0 unspecified atom stereocenters. The summed E-state index contributed by atoms with van der Waals surface area (Å²) in [5, 5.41) is 32.7. The van der Waals surface area contributed by atoms with Crippen LogP contribution in [0.1, 0.15) is 22.8 Å². The Morgan fingerprint density at radius 1 is 1.29 bits per heavy atom. The predicted octanol–water partition coefficient (Wildman–Crippen LogP) is -0.594. The van der Waals surface area contributed by atoms with Crippen LogP contribution in [-0.4, -0.2) is 59.0 Å². The van der Waals surface area contributed by atoms with Gasteiger partial charge in [-0.3, -0.25) is 4.79 Å². The average Bonchev–Trinajstić information content (AvgIpc) is 3.02. The molecule has 1 aromatic rings. The van der Waals surface area contributed by atoms with Crippen molar-refractivity contribution in [2.24, 2.45) is 0 Å². The van der Waals surface area contributed by atoms with Crippen LogP contribution in [0.3, 0.4) is 0 Å². The maximum atomic E-state index is 12.6. The number of nitrogens with one attached hydrogen (secondary N) is 1. The molecular formula is C16H17NO7. The van der Waals surface area contributed by atoms with Crippen molar-refractivity contribution in [1.29, 1.82) is 0 Å². The van der Waals surface area contributed by atoms with E-state index in [-0.39, 0.29) is 18.1 Å². The third-order valence-electron chi connectivity index (χ3n) is 4.46. The molecule has 1 amide bonds. The summed E-state index contributed by atoms with van der Waals surface area (Å²) in [4.78, 5) is 12.6. The van der Waals surface area contributed by atoms with Crippen LogP contribution in [0.25, 0.3) is 5.57 Å². The highest BCUT2D eigenvalue weighted by Crippen LogP contribution is 2.49. The summed E-state index contributed by atoms with van der Waals surface area (Å²) in [7, 11) is 0. The summed E-state index contributed by atoms with van der Waals surface area (Å²) >= 11 is 0. The molecular weight excluding hydrogens is 318 g/mol. The van der Waals surface area contributed by atoms with Gasteiger partial charge in [-0.25, -0.2) is 0 Å². The van der Waals surface area contributed by atoms with Gasteiger partial charge < -0.3 is 34.8 Å². The van der Waals surface area contributed by atoms with Crippen LogP contribution >= 0.6 is 0 Å². The van der Waals surface area contributed by atoms with Gasteiger partial charge in [0, 0.05) is 5.56 Å². The van der Waals surface area contributed by atoms with E-state index in [0.717, 1.165) is 0 Å². The van der Waals surface area contributed by atoms with Gasteiger partial charge >= 0.3 is 0 Å². The fourth-order valence-electron chi connectivity index (χ4n) is 3.35. The first-order valence-electron chi connectivity index (χ1n) is 7.69. The van der Waals surface area contributed by atoms with Crippen molar-refractivity contribution in [3.05, 3.63) is 23.3 Å². The van der Waals surface area contributed by atoms with E-state index in [4.69, 9.17) is 14.2 Å². The standard InChI is InChI=1S/C16H17NO7/c1-2-22-15-10-6(4-9-14(15)24-5-23-9)7-3-8(18)12(19)13(20)11(7)17-16(10)21/h3-4,8,11-13,18-20H,2,5H2,1H3,(H,17,21)/t8-,11+,12+,13-/m0/s1. The summed E-state index contributed by atoms with van der Waals surface area (Å²) < 4.78 is 16.4. The maximum Gasteiger partial charge on any atom is 0.256 e. The number of ether oxygens (including phenoxy) is 3. The Morgan fingerprint density at radius 3 is 2.83 bits per heavy atom. The lowest BCUT2D eigenvalue weighted by Gasteiger charge is -2.39. The number of fused-ring (bicyclic) bond motifs is 4. The van der Waals surface area contributed by atoms with Gasteiger partial charge in [-0.05, 0) is 24.6 Å². The third kappa shape index (κ3) is 2.00. The van der Waals surface area contributed by atoms with Gasteiger partial charge in [-0.15, -0.1) is 0 Å². The molecule has 8 nitrogen and oxygen atoms in total. The summed E-state index contributed by atoms with van der Waals surface area (Å²) in [5.74, 6) is 0.620. The molecule has 4 atom stereocenters. The minimum atomic E-state index is -1.37. The van der Waals surface area contributed by atoms with Gasteiger partial charge in [-0.2, -0.15) is 0 Å². The summed E-state index contributed by atoms with van der Waals surface area (Å²) in [6, 6.07) is 0.813. The normalized spacial score (nSPS) is 30.2. The lowest BCUT2D eigenvalue weighted by Crippen LogP contribution is -2.57. The molecule has 0 saturated heterocycles. The molecule has 24 heavy (non-hydrogen) atoms. The van der Waals surface area contributed by atoms with Crippen molar-refractivity contribution in [3.63, 3.8) is 0 Å². The molecule has 0 spiro atoms. The van der Waals surface area contributed by atoms with E-state index >= 15 is 0 Å². The molecule has 1 aromatic carbocycles. The lowest BCUT2D eigenvalue weighted by molar-refractivity contribution is -0.0535. The minimum Gasteiger partial charge on any atom is -0.489 e. The highest BCUT2D eigenvalue weighted by atomic mass is 16.7. The van der Waals surface area contributed by atoms with E-state index in [1.54, 1.807) is 13.0 Å². The second kappa shape index (κ2) is 5.37. The Bertz CT molecular complexity index is 744. The quantitative estimate of drug-likeness (QED) is 0.570. The number of carbonyl (C=O) groups is 1. The Labute approximate surface area is 137 Å². The Kier molecular flexibility index (Phi) is 3.41. The molecule has 128 valence electrons. The van der Waals surface area contributed by atoms with Crippen LogP contribution in [0.4, 0.5) is 0 Å². The van der Waals surface area contributed by atoms with Gasteiger partial charge in [-0.1, -0.05) is 0 Å². The summed E-state index contributed by atoms with van der Waals surface area (Å²) in [6.45, 7) is 2.13. The average molecular weight is 335 g/mol. The van der Waals surface area contributed by atoms with E-state index in [2.05, 4.69) is 5.32 Å². The van der Waals surface area contributed by atoms with Crippen molar-refractivity contribution in [3.8, 4) is 17.2 Å². The topological polar surface area (TPSA) is 117 Å². The predicted molar refractivity (Wildman–Crippen MR) is 81.0 cm³/mol. The maximum absolute atomic E-state index is 12.6. The molecule has 0 saturated carbocycles. The van der Waals surface area contributed by atoms with Crippen molar-refractivity contribution in [1.82, 2.24) is 5.32 Å². The lowest BCUT2D eigenvalue weighted by atomic mass is 9.79. The number of amides is 1. The molecule has 8 heteroatoms. The van der Waals surface area contributed by atoms with Gasteiger partial charge in [0.05, 0.1) is 18.2 Å². The zero-order valence-corrected chi connectivity index (χ0v) is 12.9. The number of hydrogen-bond acceptors (Lipinski definition) is 7. The fourth-order valence-corrected chi connectivity index (χ4v) is 3.35. The SMILES string of the molecule is CCOc1c2c(cc3c1C(=O)N[C@@H]1C3=C[C@H](O)[C@@H](O)[C@H]1O)OCO2. The van der Waals surface area contributed by atoms with Gasteiger partial charge in [0.25, 0.3) is 5.91 Å². The Morgan fingerprint density at radius 2 is 2.08 bits per heavy atom. The summed E-state index contributed by atoms with van der Waals surface area (Å²) in [5.41, 5.74) is 1.26. The highest BCUT2D eigenvalue weighted by Gasteiger charge is 2.44. The van der Waals surface area contributed by atoms with Crippen molar-refractivity contribution in [2.45, 2.75) is 31.3 Å².